The van der Waals surface area contributed by atoms with Gasteiger partial charge in [0.05, 0.1) is 24.8 Å². The van der Waals surface area contributed by atoms with Crippen LogP contribution in [0.25, 0.3) is 0 Å². The quantitative estimate of drug-likeness (QED) is 0.277. The van der Waals surface area contributed by atoms with Crippen LogP contribution in [0, 0.1) is 5.82 Å². The number of rotatable bonds is 13. The summed E-state index contributed by atoms with van der Waals surface area (Å²) in [7, 11) is -1.26. The van der Waals surface area contributed by atoms with Crippen molar-refractivity contribution in [1.29, 1.82) is 0 Å². The number of hydrogen-bond donors (Lipinski definition) is 1. The lowest BCUT2D eigenvalue weighted by atomic mass is 9.95. The Kier molecular flexibility index (Phi) is 11.2. The minimum atomic E-state index is -4.29. The summed E-state index contributed by atoms with van der Waals surface area (Å²) < 4.78 is 53.2. The number of hydrogen-bond acceptors (Lipinski definition) is 6. The van der Waals surface area contributed by atoms with E-state index in [2.05, 4.69) is 5.32 Å². The molecule has 1 fully saturated rings. The highest BCUT2D eigenvalue weighted by atomic mass is 32.2. The van der Waals surface area contributed by atoms with Crippen molar-refractivity contribution in [2.24, 2.45) is 0 Å². The van der Waals surface area contributed by atoms with Crippen molar-refractivity contribution in [2.45, 2.75) is 69.0 Å². The van der Waals surface area contributed by atoms with Crippen LogP contribution in [0.3, 0.4) is 0 Å². The van der Waals surface area contributed by atoms with Crippen LogP contribution in [0.15, 0.2) is 77.7 Å². The minimum Gasteiger partial charge on any atom is -0.497 e. The topological polar surface area (TPSA) is 105 Å². The van der Waals surface area contributed by atoms with Crippen molar-refractivity contribution < 1.29 is 31.9 Å². The zero-order valence-electron chi connectivity index (χ0n) is 25.4. The van der Waals surface area contributed by atoms with Crippen molar-refractivity contribution >= 4 is 27.5 Å². The molecule has 1 atom stereocenters. The van der Waals surface area contributed by atoms with E-state index in [1.54, 1.807) is 31.4 Å². The molecule has 0 aliphatic heterocycles. The fraction of sp³-hybridized carbons (Fsp3) is 0.394. The van der Waals surface area contributed by atoms with Crippen LogP contribution in [-0.4, -0.2) is 58.0 Å². The maximum atomic E-state index is 14.2. The van der Waals surface area contributed by atoms with Crippen LogP contribution in [0.4, 0.5) is 10.1 Å². The normalized spacial score (nSPS) is 14.4. The van der Waals surface area contributed by atoms with Gasteiger partial charge in [0.15, 0.2) is 0 Å². The summed E-state index contributed by atoms with van der Waals surface area (Å²) in [5.74, 6) is -0.288. The fourth-order valence-corrected chi connectivity index (χ4v) is 6.82. The summed E-state index contributed by atoms with van der Waals surface area (Å²) in [6.45, 7) is 1.29. The molecule has 0 radical (unpaired) electrons. The highest BCUT2D eigenvalue weighted by molar-refractivity contribution is 7.92. The lowest BCUT2D eigenvalue weighted by Crippen LogP contribution is -2.54. The largest absolute Gasteiger partial charge is 0.497 e. The van der Waals surface area contributed by atoms with Crippen molar-refractivity contribution in [3.63, 3.8) is 0 Å². The monoisotopic (exact) mass is 625 g/mol. The molecule has 0 bridgehead atoms. The molecular formula is C33H40FN3O6S. The smallest absolute Gasteiger partial charge is 0.264 e. The van der Waals surface area contributed by atoms with Crippen LogP contribution in [0.2, 0.25) is 0 Å². The first-order chi connectivity index (χ1) is 21.2. The number of sulfonamides is 1. The number of halogens is 1. The van der Waals surface area contributed by atoms with Gasteiger partial charge in [-0.2, -0.15) is 0 Å². The second-order valence-corrected chi connectivity index (χ2v) is 12.7. The van der Waals surface area contributed by atoms with E-state index in [0.717, 1.165) is 54.1 Å². The summed E-state index contributed by atoms with van der Waals surface area (Å²) in [5.41, 5.74) is 0.856. The first-order valence-electron chi connectivity index (χ1n) is 14.8. The Hall–Kier alpha value is -4.12. The van der Waals surface area contributed by atoms with Gasteiger partial charge < -0.3 is 19.7 Å². The Balaban J connectivity index is 1.70. The number of amides is 2. The molecule has 0 heterocycles. The Morgan fingerprint density at radius 2 is 1.45 bits per heavy atom. The van der Waals surface area contributed by atoms with E-state index in [-0.39, 0.29) is 29.1 Å². The molecule has 0 aromatic heterocycles. The van der Waals surface area contributed by atoms with Gasteiger partial charge in [0.25, 0.3) is 10.0 Å². The third-order valence-electron chi connectivity index (χ3n) is 7.89. The molecular weight excluding hydrogens is 585 g/mol. The Morgan fingerprint density at radius 3 is 2.00 bits per heavy atom. The third-order valence-corrected chi connectivity index (χ3v) is 9.68. The van der Waals surface area contributed by atoms with E-state index in [4.69, 9.17) is 9.47 Å². The molecule has 1 aliphatic carbocycles. The van der Waals surface area contributed by atoms with Gasteiger partial charge in [-0.3, -0.25) is 13.9 Å². The molecule has 4 rings (SSSR count). The van der Waals surface area contributed by atoms with Crippen molar-refractivity contribution in [3.8, 4) is 11.5 Å². The highest BCUT2D eigenvalue weighted by Gasteiger charge is 2.34. The van der Waals surface area contributed by atoms with Crippen LogP contribution >= 0.6 is 0 Å². The lowest BCUT2D eigenvalue weighted by Gasteiger charge is -2.34. The number of benzene rings is 3. The molecule has 236 valence electrons. The van der Waals surface area contributed by atoms with Crippen LogP contribution in [-0.2, 0) is 26.2 Å². The highest BCUT2D eigenvalue weighted by Crippen LogP contribution is 2.27. The Bertz CT molecular complexity index is 1490. The zero-order valence-corrected chi connectivity index (χ0v) is 26.2. The molecule has 3 aromatic carbocycles. The Labute approximate surface area is 259 Å². The molecule has 1 aliphatic rings. The molecule has 1 saturated carbocycles. The van der Waals surface area contributed by atoms with Crippen molar-refractivity contribution in [1.82, 2.24) is 10.2 Å². The van der Waals surface area contributed by atoms with Gasteiger partial charge in [-0.15, -0.1) is 0 Å². The average molecular weight is 626 g/mol. The Morgan fingerprint density at radius 1 is 0.886 bits per heavy atom. The molecule has 0 unspecified atom stereocenters. The number of nitrogens with zero attached hydrogens (tertiary/aromatic N) is 2. The molecule has 9 nitrogen and oxygen atoms in total. The van der Waals surface area contributed by atoms with Crippen LogP contribution in [0.5, 0.6) is 11.5 Å². The van der Waals surface area contributed by atoms with E-state index in [1.807, 2.05) is 6.92 Å². The third kappa shape index (κ3) is 8.07. The van der Waals surface area contributed by atoms with Crippen molar-refractivity contribution in [2.75, 3.05) is 25.1 Å². The predicted molar refractivity (Wildman–Crippen MR) is 167 cm³/mol. The van der Waals surface area contributed by atoms with Gasteiger partial charge in [-0.05, 0) is 85.5 Å². The van der Waals surface area contributed by atoms with E-state index < -0.39 is 34.3 Å². The molecule has 0 saturated heterocycles. The number of nitrogens with one attached hydrogen (secondary N) is 1. The molecule has 44 heavy (non-hydrogen) atoms. The van der Waals surface area contributed by atoms with Gasteiger partial charge >= 0.3 is 0 Å². The standard InChI is InChI=1S/C33H40FN3O6S/c1-4-31(33(39)35-26-8-6-5-7-9-26)36(22-24-10-16-28(42-2)17-11-24)32(38)23-37(27-14-12-25(34)13-15-27)44(40,41)30-20-18-29(43-3)19-21-30/h10-21,26,31H,4-9,22-23H2,1-3H3,(H,35,39)/t31-/m1/s1. The number of ether oxygens (including phenoxy) is 2. The van der Waals surface area contributed by atoms with Crippen LogP contribution in [0.1, 0.15) is 51.0 Å². The number of carbonyl (C=O) groups excluding carboxylic acids is 2. The summed E-state index contributed by atoms with van der Waals surface area (Å²) in [6.07, 6.45) is 5.29. The zero-order chi connectivity index (χ0) is 31.7. The van der Waals surface area contributed by atoms with E-state index in [9.17, 15) is 22.4 Å². The predicted octanol–water partition coefficient (Wildman–Crippen LogP) is 5.29. The molecule has 1 N–H and O–H groups in total. The molecule has 2 amide bonds. The van der Waals surface area contributed by atoms with Gasteiger partial charge in [0, 0.05) is 12.6 Å². The lowest BCUT2D eigenvalue weighted by molar-refractivity contribution is -0.140. The van der Waals surface area contributed by atoms with Gasteiger partial charge in [0.1, 0.15) is 29.9 Å². The summed E-state index contributed by atoms with van der Waals surface area (Å²) in [6, 6.07) is 17.0. The summed E-state index contributed by atoms with van der Waals surface area (Å²) in [5, 5.41) is 3.13. The van der Waals surface area contributed by atoms with Crippen LogP contribution < -0.4 is 19.1 Å². The molecule has 11 heteroatoms. The van der Waals surface area contributed by atoms with Gasteiger partial charge in [0.2, 0.25) is 11.8 Å². The average Bonchev–Trinajstić information content (AvgIpc) is 3.04. The number of anilines is 1. The fourth-order valence-electron chi connectivity index (χ4n) is 5.40. The second-order valence-electron chi connectivity index (χ2n) is 10.8. The number of methoxy groups -OCH3 is 2. The molecule has 3 aromatic rings. The molecule has 0 spiro atoms. The van der Waals surface area contributed by atoms with E-state index in [0.29, 0.717) is 17.9 Å². The summed E-state index contributed by atoms with van der Waals surface area (Å²) >= 11 is 0. The number of carbonyl (C=O) groups is 2. The first kappa shape index (κ1) is 32.8. The van der Waals surface area contributed by atoms with E-state index >= 15 is 0 Å². The van der Waals surface area contributed by atoms with Gasteiger partial charge in [-0.1, -0.05) is 38.3 Å². The maximum Gasteiger partial charge on any atom is 0.264 e. The minimum absolute atomic E-state index is 0.0365. The van der Waals surface area contributed by atoms with Gasteiger partial charge in [-0.25, -0.2) is 12.8 Å². The van der Waals surface area contributed by atoms with Crippen molar-refractivity contribution in [3.05, 3.63) is 84.2 Å². The summed E-state index contributed by atoms with van der Waals surface area (Å²) in [4.78, 5) is 29.2. The second kappa shape index (κ2) is 15.1. The first-order valence-corrected chi connectivity index (χ1v) is 16.3. The maximum absolute atomic E-state index is 14.2. The van der Waals surface area contributed by atoms with E-state index in [1.165, 1.54) is 48.4 Å². The SMILES string of the molecule is CC[C@H](C(=O)NC1CCCCC1)N(Cc1ccc(OC)cc1)C(=O)CN(c1ccc(F)cc1)S(=O)(=O)c1ccc(OC)cc1.